The minimum absolute atomic E-state index is 0.0428. The van der Waals surface area contributed by atoms with E-state index in [4.69, 9.17) is 11.6 Å². The Morgan fingerprint density at radius 3 is 2.23 bits per heavy atom. The Balaban J connectivity index is 2.59. The molecule has 0 bridgehead atoms. The number of aliphatic hydroxyl groups excluding tert-OH is 1. The van der Waals surface area contributed by atoms with Crippen molar-refractivity contribution in [3.63, 3.8) is 0 Å². The maximum Gasteiger partial charge on any atom is 0.0710 e. The summed E-state index contributed by atoms with van der Waals surface area (Å²) in [4.78, 5) is 0. The lowest BCUT2D eigenvalue weighted by Crippen LogP contribution is -2.27. The van der Waals surface area contributed by atoms with Crippen LogP contribution in [0.15, 0.2) is 24.3 Å². The molecule has 0 radical (unpaired) electrons. The second-order valence-electron chi connectivity index (χ2n) is 3.18. The molecule has 2 N–H and O–H groups in total. The van der Waals surface area contributed by atoms with Crippen molar-refractivity contribution in [2.45, 2.75) is 26.0 Å². The van der Waals surface area contributed by atoms with E-state index in [1.165, 1.54) is 0 Å². The van der Waals surface area contributed by atoms with Crippen LogP contribution in [-0.4, -0.2) is 17.3 Å². The minimum Gasteiger partial charge on any atom is -0.391 e. The molecule has 0 fully saturated rings. The average molecular weight is 200 g/mol. The van der Waals surface area contributed by atoms with Crippen LogP contribution >= 0.6 is 11.6 Å². The fourth-order valence-electron chi connectivity index (χ4n) is 0.930. The van der Waals surface area contributed by atoms with Crippen LogP contribution in [0.2, 0.25) is 5.02 Å². The van der Waals surface area contributed by atoms with Crippen LogP contribution < -0.4 is 5.32 Å². The van der Waals surface area contributed by atoms with Crippen molar-refractivity contribution >= 4 is 17.3 Å². The van der Waals surface area contributed by atoms with Gasteiger partial charge in [-0.3, -0.25) is 0 Å². The number of halogens is 1. The molecule has 0 aromatic heterocycles. The van der Waals surface area contributed by atoms with Gasteiger partial charge in [0.25, 0.3) is 0 Å². The van der Waals surface area contributed by atoms with E-state index >= 15 is 0 Å². The topological polar surface area (TPSA) is 32.3 Å². The Kier molecular flexibility index (Phi) is 3.58. The first-order valence-corrected chi connectivity index (χ1v) is 4.67. The number of aliphatic hydroxyl groups is 1. The van der Waals surface area contributed by atoms with Crippen LogP contribution in [-0.2, 0) is 0 Å². The van der Waals surface area contributed by atoms with Crippen molar-refractivity contribution in [2.24, 2.45) is 0 Å². The molecule has 1 rings (SSSR count). The molecule has 0 spiro atoms. The zero-order valence-electron chi connectivity index (χ0n) is 7.79. The highest BCUT2D eigenvalue weighted by Gasteiger charge is 2.07. The smallest absolute Gasteiger partial charge is 0.0710 e. The zero-order valence-corrected chi connectivity index (χ0v) is 8.55. The highest BCUT2D eigenvalue weighted by atomic mass is 35.5. The van der Waals surface area contributed by atoms with Gasteiger partial charge in [-0.15, -0.1) is 0 Å². The monoisotopic (exact) mass is 199 g/mol. The van der Waals surface area contributed by atoms with Gasteiger partial charge >= 0.3 is 0 Å². The standard InChI is InChI=1S/C10H14ClNO/c1-7(8(2)13)12-10-5-3-9(11)4-6-10/h3-8,12-13H,1-2H3/t7-,8+/m0/s1. The van der Waals surface area contributed by atoms with E-state index in [9.17, 15) is 5.11 Å². The molecule has 0 heterocycles. The molecule has 1 aromatic carbocycles. The highest BCUT2D eigenvalue weighted by molar-refractivity contribution is 6.30. The third-order valence-electron chi connectivity index (χ3n) is 1.96. The highest BCUT2D eigenvalue weighted by Crippen LogP contribution is 2.14. The lowest BCUT2D eigenvalue weighted by molar-refractivity contribution is 0.178. The van der Waals surface area contributed by atoms with E-state index in [-0.39, 0.29) is 12.1 Å². The lowest BCUT2D eigenvalue weighted by atomic mass is 10.2. The zero-order chi connectivity index (χ0) is 9.84. The summed E-state index contributed by atoms with van der Waals surface area (Å²) in [6.45, 7) is 3.69. The van der Waals surface area contributed by atoms with E-state index in [1.807, 2.05) is 31.2 Å². The maximum absolute atomic E-state index is 9.25. The maximum atomic E-state index is 9.25. The number of rotatable bonds is 3. The molecule has 0 amide bonds. The van der Waals surface area contributed by atoms with E-state index < -0.39 is 0 Å². The van der Waals surface area contributed by atoms with Gasteiger partial charge in [-0.05, 0) is 38.1 Å². The van der Waals surface area contributed by atoms with Crippen molar-refractivity contribution < 1.29 is 5.11 Å². The molecule has 0 unspecified atom stereocenters. The van der Waals surface area contributed by atoms with E-state index in [0.29, 0.717) is 0 Å². The number of benzene rings is 1. The quantitative estimate of drug-likeness (QED) is 0.784. The van der Waals surface area contributed by atoms with Gasteiger partial charge in [-0.25, -0.2) is 0 Å². The summed E-state index contributed by atoms with van der Waals surface area (Å²) in [5.74, 6) is 0. The van der Waals surface area contributed by atoms with Crippen LogP contribution in [0, 0.1) is 0 Å². The second kappa shape index (κ2) is 4.49. The predicted octanol–water partition coefficient (Wildman–Crippen LogP) is 2.52. The fraction of sp³-hybridized carbons (Fsp3) is 0.400. The average Bonchev–Trinajstić information content (AvgIpc) is 2.08. The normalized spacial score (nSPS) is 15.1. The molecule has 1 aromatic rings. The number of hydrogen-bond donors (Lipinski definition) is 2. The van der Waals surface area contributed by atoms with Gasteiger partial charge in [0.1, 0.15) is 0 Å². The Hall–Kier alpha value is -0.730. The molecule has 2 nitrogen and oxygen atoms in total. The van der Waals surface area contributed by atoms with Gasteiger partial charge in [0.2, 0.25) is 0 Å². The van der Waals surface area contributed by atoms with Gasteiger partial charge in [0.05, 0.1) is 6.10 Å². The van der Waals surface area contributed by atoms with E-state index in [1.54, 1.807) is 6.92 Å². The molecule has 3 heteroatoms. The molecule has 2 atom stereocenters. The third kappa shape index (κ3) is 3.25. The molecule has 13 heavy (non-hydrogen) atoms. The fourth-order valence-corrected chi connectivity index (χ4v) is 1.06. The van der Waals surface area contributed by atoms with Crippen LogP contribution in [0.4, 0.5) is 5.69 Å². The first kappa shape index (κ1) is 10.4. The van der Waals surface area contributed by atoms with Crippen molar-refractivity contribution in [3.8, 4) is 0 Å². The first-order chi connectivity index (χ1) is 6.09. The van der Waals surface area contributed by atoms with Crippen LogP contribution in [0.3, 0.4) is 0 Å². The number of anilines is 1. The van der Waals surface area contributed by atoms with Gasteiger partial charge in [-0.1, -0.05) is 11.6 Å². The van der Waals surface area contributed by atoms with Gasteiger partial charge < -0.3 is 10.4 Å². The molecule has 0 aliphatic rings. The number of nitrogens with one attached hydrogen (secondary N) is 1. The molecule has 72 valence electrons. The minimum atomic E-state index is -0.365. The van der Waals surface area contributed by atoms with E-state index in [2.05, 4.69) is 5.32 Å². The Labute approximate surface area is 83.5 Å². The van der Waals surface area contributed by atoms with Gasteiger partial charge in [0.15, 0.2) is 0 Å². The van der Waals surface area contributed by atoms with Gasteiger partial charge in [-0.2, -0.15) is 0 Å². The summed E-state index contributed by atoms with van der Waals surface area (Å²) < 4.78 is 0. The Bertz CT molecular complexity index is 258. The molecule has 0 aliphatic carbocycles. The molecule has 0 saturated carbocycles. The van der Waals surface area contributed by atoms with Crippen molar-refractivity contribution in [3.05, 3.63) is 29.3 Å². The summed E-state index contributed by atoms with van der Waals surface area (Å²) in [5.41, 5.74) is 0.970. The lowest BCUT2D eigenvalue weighted by Gasteiger charge is -2.17. The largest absolute Gasteiger partial charge is 0.391 e. The van der Waals surface area contributed by atoms with Gasteiger partial charge in [0, 0.05) is 16.8 Å². The summed E-state index contributed by atoms with van der Waals surface area (Å²) in [5, 5.41) is 13.1. The molecular weight excluding hydrogens is 186 g/mol. The van der Waals surface area contributed by atoms with Crippen LogP contribution in [0.5, 0.6) is 0 Å². The SMILES string of the molecule is C[C@H](Nc1ccc(Cl)cc1)[C@@H](C)O. The summed E-state index contributed by atoms with van der Waals surface area (Å²) in [6.07, 6.45) is -0.365. The molecular formula is C10H14ClNO. The Morgan fingerprint density at radius 1 is 1.23 bits per heavy atom. The second-order valence-corrected chi connectivity index (χ2v) is 3.62. The van der Waals surface area contributed by atoms with Crippen molar-refractivity contribution in [1.29, 1.82) is 0 Å². The van der Waals surface area contributed by atoms with Crippen LogP contribution in [0.25, 0.3) is 0 Å². The summed E-state index contributed by atoms with van der Waals surface area (Å²) in [7, 11) is 0. The first-order valence-electron chi connectivity index (χ1n) is 4.30. The third-order valence-corrected chi connectivity index (χ3v) is 2.21. The van der Waals surface area contributed by atoms with Crippen molar-refractivity contribution in [1.82, 2.24) is 0 Å². The van der Waals surface area contributed by atoms with Crippen molar-refractivity contribution in [2.75, 3.05) is 5.32 Å². The predicted molar refractivity (Wildman–Crippen MR) is 56.2 cm³/mol. The van der Waals surface area contributed by atoms with E-state index in [0.717, 1.165) is 10.7 Å². The molecule has 0 saturated heterocycles. The molecule has 0 aliphatic heterocycles. The summed E-state index contributed by atoms with van der Waals surface area (Å²) in [6, 6.07) is 7.46. The Morgan fingerprint density at radius 2 is 1.77 bits per heavy atom. The summed E-state index contributed by atoms with van der Waals surface area (Å²) >= 11 is 5.73. The van der Waals surface area contributed by atoms with Crippen LogP contribution in [0.1, 0.15) is 13.8 Å². The number of hydrogen-bond acceptors (Lipinski definition) is 2.